The summed E-state index contributed by atoms with van der Waals surface area (Å²) in [6, 6.07) is 8.19. The summed E-state index contributed by atoms with van der Waals surface area (Å²) in [5.74, 6) is 0.868. The lowest BCUT2D eigenvalue weighted by atomic mass is 10.1. The van der Waals surface area contributed by atoms with Crippen molar-refractivity contribution in [1.82, 2.24) is 20.2 Å². The van der Waals surface area contributed by atoms with E-state index < -0.39 is 0 Å². The lowest BCUT2D eigenvalue weighted by Crippen LogP contribution is -2.51. The van der Waals surface area contributed by atoms with Crippen LogP contribution in [0.15, 0.2) is 42.9 Å². The van der Waals surface area contributed by atoms with Crippen LogP contribution in [-0.2, 0) is 6.54 Å². The quantitative estimate of drug-likeness (QED) is 0.939. The predicted molar refractivity (Wildman–Crippen MR) is 89.2 cm³/mol. The molecule has 0 radical (unpaired) electrons. The average molecular weight is 311 g/mol. The van der Waals surface area contributed by atoms with Crippen LogP contribution in [0.4, 0.5) is 10.6 Å². The second-order valence-electron chi connectivity index (χ2n) is 5.68. The lowest BCUT2D eigenvalue weighted by molar-refractivity contribution is 0.194. The normalized spacial score (nSPS) is 14.7. The molecule has 0 aliphatic carbocycles. The number of aromatic nitrogens is 2. The van der Waals surface area contributed by atoms with E-state index in [1.807, 2.05) is 17.0 Å². The molecule has 6 heteroatoms. The van der Waals surface area contributed by atoms with E-state index in [4.69, 9.17) is 0 Å². The first-order valence-electron chi connectivity index (χ1n) is 7.81. The Kier molecular flexibility index (Phi) is 4.71. The molecule has 0 unspecified atom stereocenters. The van der Waals surface area contributed by atoms with Gasteiger partial charge in [0.1, 0.15) is 5.82 Å². The van der Waals surface area contributed by atoms with Crippen molar-refractivity contribution in [3.8, 4) is 0 Å². The highest BCUT2D eigenvalue weighted by Crippen LogP contribution is 2.11. The van der Waals surface area contributed by atoms with Crippen LogP contribution >= 0.6 is 0 Å². The maximum absolute atomic E-state index is 12.2. The molecule has 2 heterocycles. The van der Waals surface area contributed by atoms with Gasteiger partial charge < -0.3 is 15.1 Å². The van der Waals surface area contributed by atoms with Gasteiger partial charge in [0.25, 0.3) is 0 Å². The number of carbonyl (C=O) groups excluding carboxylic acids is 1. The monoisotopic (exact) mass is 311 g/mol. The van der Waals surface area contributed by atoms with Crippen LogP contribution in [0, 0.1) is 6.92 Å². The molecule has 1 saturated heterocycles. The summed E-state index contributed by atoms with van der Waals surface area (Å²) in [5.41, 5.74) is 2.34. The summed E-state index contributed by atoms with van der Waals surface area (Å²) >= 11 is 0. The fraction of sp³-hybridized carbons (Fsp3) is 0.353. The highest BCUT2D eigenvalue weighted by molar-refractivity contribution is 5.74. The van der Waals surface area contributed by atoms with Crippen LogP contribution in [0.25, 0.3) is 0 Å². The number of amides is 2. The molecule has 1 aromatic heterocycles. The molecule has 1 N–H and O–H groups in total. The Morgan fingerprint density at radius 2 is 1.87 bits per heavy atom. The summed E-state index contributed by atoms with van der Waals surface area (Å²) in [6.07, 6.45) is 5.11. The Labute approximate surface area is 136 Å². The molecule has 120 valence electrons. The van der Waals surface area contributed by atoms with Crippen LogP contribution in [0.2, 0.25) is 0 Å². The Morgan fingerprint density at radius 1 is 1.13 bits per heavy atom. The summed E-state index contributed by atoms with van der Waals surface area (Å²) in [5, 5.41) is 2.98. The number of anilines is 1. The highest BCUT2D eigenvalue weighted by atomic mass is 16.2. The third-order valence-electron chi connectivity index (χ3n) is 4.00. The van der Waals surface area contributed by atoms with Crippen molar-refractivity contribution in [2.24, 2.45) is 0 Å². The molecule has 0 bridgehead atoms. The zero-order valence-corrected chi connectivity index (χ0v) is 13.3. The molecular weight excluding hydrogens is 290 g/mol. The number of hydrogen-bond acceptors (Lipinski definition) is 4. The van der Waals surface area contributed by atoms with Gasteiger partial charge >= 0.3 is 6.03 Å². The van der Waals surface area contributed by atoms with Gasteiger partial charge in [0, 0.05) is 45.1 Å². The maximum Gasteiger partial charge on any atom is 0.317 e. The van der Waals surface area contributed by atoms with Crippen LogP contribution in [0.1, 0.15) is 11.1 Å². The number of aryl methyl sites for hydroxylation is 1. The molecule has 2 aromatic rings. The summed E-state index contributed by atoms with van der Waals surface area (Å²) in [7, 11) is 0. The molecule has 2 amide bonds. The molecule has 1 aliphatic heterocycles. The highest BCUT2D eigenvalue weighted by Gasteiger charge is 2.21. The predicted octanol–water partition coefficient (Wildman–Crippen LogP) is 1.82. The smallest absolute Gasteiger partial charge is 0.317 e. The first kappa shape index (κ1) is 15.3. The van der Waals surface area contributed by atoms with Gasteiger partial charge in [-0.1, -0.05) is 29.8 Å². The van der Waals surface area contributed by atoms with E-state index in [9.17, 15) is 4.79 Å². The fourth-order valence-electron chi connectivity index (χ4n) is 2.59. The van der Waals surface area contributed by atoms with Gasteiger partial charge in [0.15, 0.2) is 0 Å². The molecule has 0 atom stereocenters. The molecular formula is C17H21N5O. The largest absolute Gasteiger partial charge is 0.352 e. The van der Waals surface area contributed by atoms with Gasteiger partial charge in [-0.05, 0) is 12.5 Å². The number of piperazine rings is 1. The fourth-order valence-corrected chi connectivity index (χ4v) is 2.59. The number of rotatable bonds is 3. The first-order valence-corrected chi connectivity index (χ1v) is 7.81. The Balaban J connectivity index is 1.47. The number of benzene rings is 1. The molecule has 0 spiro atoms. The third-order valence-corrected chi connectivity index (χ3v) is 4.00. The van der Waals surface area contributed by atoms with E-state index in [0.717, 1.165) is 24.5 Å². The van der Waals surface area contributed by atoms with Crippen molar-refractivity contribution < 1.29 is 4.79 Å². The summed E-state index contributed by atoms with van der Waals surface area (Å²) in [4.78, 5) is 24.6. The molecule has 23 heavy (non-hydrogen) atoms. The lowest BCUT2D eigenvalue weighted by Gasteiger charge is -2.35. The minimum absolute atomic E-state index is 0.00984. The first-order chi connectivity index (χ1) is 11.2. The van der Waals surface area contributed by atoms with Crippen molar-refractivity contribution in [1.29, 1.82) is 0 Å². The zero-order valence-electron chi connectivity index (χ0n) is 13.3. The number of urea groups is 1. The molecule has 6 nitrogen and oxygen atoms in total. The summed E-state index contributed by atoms with van der Waals surface area (Å²) < 4.78 is 0. The minimum Gasteiger partial charge on any atom is -0.352 e. The van der Waals surface area contributed by atoms with E-state index >= 15 is 0 Å². The standard InChI is InChI=1S/C17H21N5O/c1-14-2-4-15(5-3-14)12-20-17(23)22-10-8-21(9-11-22)16-13-18-6-7-19-16/h2-7,13H,8-12H2,1H3,(H,20,23). The van der Waals surface area contributed by atoms with E-state index in [1.54, 1.807) is 18.6 Å². The van der Waals surface area contributed by atoms with Crippen molar-refractivity contribution in [3.63, 3.8) is 0 Å². The zero-order chi connectivity index (χ0) is 16.1. The number of carbonyl (C=O) groups is 1. The van der Waals surface area contributed by atoms with Gasteiger partial charge in [-0.3, -0.25) is 4.98 Å². The van der Waals surface area contributed by atoms with E-state index in [-0.39, 0.29) is 6.03 Å². The Morgan fingerprint density at radius 3 is 2.52 bits per heavy atom. The van der Waals surface area contributed by atoms with Crippen molar-refractivity contribution in [2.75, 3.05) is 31.1 Å². The van der Waals surface area contributed by atoms with Crippen LogP contribution < -0.4 is 10.2 Å². The average Bonchev–Trinajstić information content (AvgIpc) is 2.62. The van der Waals surface area contributed by atoms with E-state index in [0.29, 0.717) is 19.6 Å². The summed E-state index contributed by atoms with van der Waals surface area (Å²) in [6.45, 7) is 5.54. The molecule has 1 fully saturated rings. The van der Waals surface area contributed by atoms with Gasteiger partial charge in [-0.25, -0.2) is 9.78 Å². The SMILES string of the molecule is Cc1ccc(CNC(=O)N2CCN(c3cnccn3)CC2)cc1. The van der Waals surface area contributed by atoms with Gasteiger partial charge in [0.2, 0.25) is 0 Å². The van der Waals surface area contributed by atoms with Gasteiger partial charge in [-0.15, -0.1) is 0 Å². The second-order valence-corrected chi connectivity index (χ2v) is 5.68. The number of nitrogens with zero attached hydrogens (tertiary/aromatic N) is 4. The van der Waals surface area contributed by atoms with E-state index in [1.165, 1.54) is 5.56 Å². The maximum atomic E-state index is 12.2. The van der Waals surface area contributed by atoms with Crippen LogP contribution in [0.5, 0.6) is 0 Å². The minimum atomic E-state index is -0.00984. The topological polar surface area (TPSA) is 61.4 Å². The Bertz CT molecular complexity index is 636. The van der Waals surface area contributed by atoms with Gasteiger partial charge in [0.05, 0.1) is 6.20 Å². The molecule has 0 saturated carbocycles. The number of hydrogen-bond donors (Lipinski definition) is 1. The van der Waals surface area contributed by atoms with Crippen LogP contribution in [-0.4, -0.2) is 47.1 Å². The van der Waals surface area contributed by atoms with Crippen molar-refractivity contribution in [3.05, 3.63) is 54.0 Å². The third kappa shape index (κ3) is 3.97. The second kappa shape index (κ2) is 7.09. The van der Waals surface area contributed by atoms with Crippen molar-refractivity contribution in [2.45, 2.75) is 13.5 Å². The van der Waals surface area contributed by atoms with Crippen molar-refractivity contribution >= 4 is 11.8 Å². The van der Waals surface area contributed by atoms with Crippen LogP contribution in [0.3, 0.4) is 0 Å². The number of nitrogens with one attached hydrogen (secondary N) is 1. The molecule has 3 rings (SSSR count). The molecule has 1 aromatic carbocycles. The molecule has 1 aliphatic rings. The van der Waals surface area contributed by atoms with E-state index in [2.05, 4.69) is 39.2 Å². The Hall–Kier alpha value is -2.63. The van der Waals surface area contributed by atoms with Gasteiger partial charge in [-0.2, -0.15) is 0 Å².